The van der Waals surface area contributed by atoms with Crippen LogP contribution >= 0.6 is 0 Å². The molecular formula is C26H25FN4O2. The molecule has 168 valence electrons. The number of benzene rings is 3. The maximum atomic E-state index is 13.5. The van der Waals surface area contributed by atoms with Crippen molar-refractivity contribution in [3.8, 4) is 22.5 Å². The Labute approximate surface area is 191 Å². The van der Waals surface area contributed by atoms with Crippen LogP contribution in [0, 0.1) is 12.7 Å². The standard InChI is InChI=1S/C26H25FN4O2/c1-17-4-6-18(7-5-17)25-24(19-8-10-20(27)11-9-19)30-22-13-12-21(16-23(22)31-25)29-26(32)28-14-3-15-33-2/h4-13,16H,3,14-15H2,1-2H3,(H2,28,29,32). The van der Waals surface area contributed by atoms with Crippen molar-refractivity contribution in [2.45, 2.75) is 13.3 Å². The number of carbonyl (C=O) groups is 1. The zero-order valence-electron chi connectivity index (χ0n) is 18.6. The molecule has 2 amide bonds. The van der Waals surface area contributed by atoms with Crippen LogP contribution in [-0.4, -0.2) is 36.3 Å². The SMILES string of the molecule is COCCCNC(=O)Nc1ccc2nc(-c3ccc(F)cc3)c(-c3ccc(C)cc3)nc2c1. The third-order valence-electron chi connectivity index (χ3n) is 5.18. The summed E-state index contributed by atoms with van der Waals surface area (Å²) in [5, 5.41) is 5.62. The number of carbonyl (C=O) groups excluding carboxylic acids is 1. The summed E-state index contributed by atoms with van der Waals surface area (Å²) in [5.41, 5.74) is 6.12. The highest BCUT2D eigenvalue weighted by atomic mass is 19.1. The molecule has 0 aliphatic carbocycles. The maximum absolute atomic E-state index is 13.5. The largest absolute Gasteiger partial charge is 0.385 e. The van der Waals surface area contributed by atoms with Gasteiger partial charge in [0, 0.05) is 37.1 Å². The van der Waals surface area contributed by atoms with Crippen molar-refractivity contribution in [1.82, 2.24) is 15.3 Å². The lowest BCUT2D eigenvalue weighted by Crippen LogP contribution is -2.30. The third-order valence-corrected chi connectivity index (χ3v) is 5.18. The predicted molar refractivity (Wildman–Crippen MR) is 129 cm³/mol. The summed E-state index contributed by atoms with van der Waals surface area (Å²) in [5.74, 6) is -0.305. The van der Waals surface area contributed by atoms with E-state index in [2.05, 4.69) is 10.6 Å². The van der Waals surface area contributed by atoms with Gasteiger partial charge in [-0.25, -0.2) is 19.2 Å². The summed E-state index contributed by atoms with van der Waals surface area (Å²) in [6.07, 6.45) is 0.735. The molecular weight excluding hydrogens is 419 g/mol. The van der Waals surface area contributed by atoms with E-state index in [9.17, 15) is 9.18 Å². The van der Waals surface area contributed by atoms with E-state index < -0.39 is 0 Å². The van der Waals surface area contributed by atoms with Crippen molar-refractivity contribution < 1.29 is 13.9 Å². The number of methoxy groups -OCH3 is 1. The van der Waals surface area contributed by atoms with E-state index >= 15 is 0 Å². The van der Waals surface area contributed by atoms with Crippen LogP contribution < -0.4 is 10.6 Å². The fourth-order valence-corrected chi connectivity index (χ4v) is 3.45. The third kappa shape index (κ3) is 5.51. The molecule has 0 spiro atoms. The van der Waals surface area contributed by atoms with Crippen LogP contribution in [0.5, 0.6) is 0 Å². The van der Waals surface area contributed by atoms with E-state index in [1.807, 2.05) is 37.3 Å². The van der Waals surface area contributed by atoms with Gasteiger partial charge in [-0.2, -0.15) is 0 Å². The molecule has 2 N–H and O–H groups in total. The Hall–Kier alpha value is -3.84. The van der Waals surface area contributed by atoms with Crippen LogP contribution in [0.25, 0.3) is 33.5 Å². The molecule has 6 nitrogen and oxygen atoms in total. The Balaban J connectivity index is 1.70. The first kappa shape index (κ1) is 22.4. The summed E-state index contributed by atoms with van der Waals surface area (Å²) < 4.78 is 18.5. The fourth-order valence-electron chi connectivity index (χ4n) is 3.45. The van der Waals surface area contributed by atoms with Gasteiger partial charge in [-0.1, -0.05) is 29.8 Å². The van der Waals surface area contributed by atoms with E-state index in [1.54, 1.807) is 31.4 Å². The van der Waals surface area contributed by atoms with E-state index in [0.29, 0.717) is 41.3 Å². The van der Waals surface area contributed by atoms with Crippen LogP contribution in [0.4, 0.5) is 14.9 Å². The number of urea groups is 1. The average molecular weight is 445 g/mol. The van der Waals surface area contributed by atoms with Crippen LogP contribution in [0.3, 0.4) is 0 Å². The number of ether oxygens (including phenoxy) is 1. The quantitative estimate of drug-likeness (QED) is 0.366. The van der Waals surface area contributed by atoms with Crippen molar-refractivity contribution in [1.29, 1.82) is 0 Å². The summed E-state index contributed by atoms with van der Waals surface area (Å²) in [4.78, 5) is 21.9. The summed E-state index contributed by atoms with van der Waals surface area (Å²) in [6, 6.07) is 19.4. The van der Waals surface area contributed by atoms with E-state index in [1.165, 1.54) is 12.1 Å². The maximum Gasteiger partial charge on any atom is 0.319 e. The van der Waals surface area contributed by atoms with Gasteiger partial charge in [-0.05, 0) is 55.8 Å². The lowest BCUT2D eigenvalue weighted by atomic mass is 10.0. The van der Waals surface area contributed by atoms with Gasteiger partial charge < -0.3 is 15.4 Å². The molecule has 0 unspecified atom stereocenters. The highest BCUT2D eigenvalue weighted by Gasteiger charge is 2.14. The molecule has 7 heteroatoms. The van der Waals surface area contributed by atoms with Gasteiger partial charge in [0.25, 0.3) is 0 Å². The van der Waals surface area contributed by atoms with Crippen molar-refractivity contribution in [3.63, 3.8) is 0 Å². The summed E-state index contributed by atoms with van der Waals surface area (Å²) in [6.45, 7) is 3.13. The van der Waals surface area contributed by atoms with Gasteiger partial charge in [0.05, 0.1) is 22.4 Å². The Bertz CT molecular complexity index is 1260. The number of nitrogens with zero attached hydrogens (tertiary/aromatic N) is 2. The Morgan fingerprint density at radius 3 is 2.21 bits per heavy atom. The molecule has 1 heterocycles. The predicted octanol–water partition coefficient (Wildman–Crippen LogP) is 5.57. The summed E-state index contributed by atoms with van der Waals surface area (Å²) >= 11 is 0. The first-order valence-electron chi connectivity index (χ1n) is 10.7. The highest BCUT2D eigenvalue weighted by molar-refractivity contribution is 5.93. The van der Waals surface area contributed by atoms with Crippen LogP contribution in [0.1, 0.15) is 12.0 Å². The lowest BCUT2D eigenvalue weighted by Gasteiger charge is -2.12. The Morgan fingerprint density at radius 2 is 1.55 bits per heavy atom. The number of anilines is 1. The molecule has 0 bridgehead atoms. The minimum Gasteiger partial charge on any atom is -0.385 e. The normalized spacial score (nSPS) is 10.9. The molecule has 0 saturated heterocycles. The number of amides is 2. The molecule has 0 fully saturated rings. The Morgan fingerprint density at radius 1 is 0.909 bits per heavy atom. The first-order valence-corrected chi connectivity index (χ1v) is 10.7. The minimum absolute atomic E-state index is 0.292. The smallest absolute Gasteiger partial charge is 0.319 e. The number of rotatable bonds is 7. The number of hydrogen-bond donors (Lipinski definition) is 2. The number of aryl methyl sites for hydroxylation is 1. The van der Waals surface area contributed by atoms with Gasteiger partial charge in [0.15, 0.2) is 0 Å². The molecule has 4 rings (SSSR count). The molecule has 1 aromatic heterocycles. The molecule has 0 radical (unpaired) electrons. The molecule has 0 saturated carbocycles. The number of fused-ring (bicyclic) bond motifs is 1. The zero-order valence-corrected chi connectivity index (χ0v) is 18.6. The molecule has 3 aromatic carbocycles. The van der Waals surface area contributed by atoms with Crippen LogP contribution in [0.2, 0.25) is 0 Å². The second kappa shape index (κ2) is 10.2. The van der Waals surface area contributed by atoms with Crippen LogP contribution in [0.15, 0.2) is 66.7 Å². The van der Waals surface area contributed by atoms with Gasteiger partial charge in [0.1, 0.15) is 5.82 Å². The monoisotopic (exact) mass is 444 g/mol. The molecule has 0 atom stereocenters. The van der Waals surface area contributed by atoms with Crippen molar-refractivity contribution in [3.05, 3.63) is 78.1 Å². The average Bonchev–Trinajstić information content (AvgIpc) is 2.82. The minimum atomic E-state index is -0.305. The van der Waals surface area contributed by atoms with Gasteiger partial charge in [-0.3, -0.25) is 0 Å². The topological polar surface area (TPSA) is 76.1 Å². The van der Waals surface area contributed by atoms with E-state index in [4.69, 9.17) is 14.7 Å². The van der Waals surface area contributed by atoms with Crippen molar-refractivity contribution >= 4 is 22.8 Å². The number of hydrogen-bond acceptors (Lipinski definition) is 4. The second-order valence-corrected chi connectivity index (χ2v) is 7.72. The molecule has 33 heavy (non-hydrogen) atoms. The lowest BCUT2D eigenvalue weighted by molar-refractivity contribution is 0.194. The molecule has 4 aromatic rings. The highest BCUT2D eigenvalue weighted by Crippen LogP contribution is 2.32. The number of aromatic nitrogens is 2. The fraction of sp³-hybridized carbons (Fsp3) is 0.192. The first-order chi connectivity index (χ1) is 16.0. The summed E-state index contributed by atoms with van der Waals surface area (Å²) in [7, 11) is 1.63. The van der Waals surface area contributed by atoms with Gasteiger partial charge in [-0.15, -0.1) is 0 Å². The van der Waals surface area contributed by atoms with Crippen molar-refractivity contribution in [2.24, 2.45) is 0 Å². The van der Waals surface area contributed by atoms with Crippen molar-refractivity contribution in [2.75, 3.05) is 25.6 Å². The Kier molecular flexibility index (Phi) is 6.90. The van der Waals surface area contributed by atoms with Gasteiger partial charge >= 0.3 is 6.03 Å². The zero-order chi connectivity index (χ0) is 23.2. The van der Waals surface area contributed by atoms with Gasteiger partial charge in [0.2, 0.25) is 0 Å². The van der Waals surface area contributed by atoms with Crippen LogP contribution in [-0.2, 0) is 4.74 Å². The number of halogens is 1. The second-order valence-electron chi connectivity index (χ2n) is 7.72. The van der Waals surface area contributed by atoms with E-state index in [-0.39, 0.29) is 11.8 Å². The molecule has 0 aliphatic heterocycles. The number of nitrogens with one attached hydrogen (secondary N) is 2. The van der Waals surface area contributed by atoms with E-state index in [0.717, 1.165) is 23.1 Å². The molecule has 0 aliphatic rings.